The Hall–Kier alpha value is -2.24. The minimum absolute atomic E-state index is 0.407. The molecule has 16 heavy (non-hydrogen) atoms. The van der Waals surface area contributed by atoms with Crippen LogP contribution in [0.25, 0.3) is 0 Å². The first-order valence-corrected chi connectivity index (χ1v) is 4.42. The maximum atomic E-state index is 11.2. The van der Waals surface area contributed by atoms with Crippen LogP contribution >= 0.6 is 0 Å². The molecule has 0 saturated carbocycles. The number of hydrogen-bond acceptors (Lipinski definition) is 5. The van der Waals surface area contributed by atoms with E-state index in [9.17, 15) is 4.79 Å². The third-order valence-electron chi connectivity index (χ3n) is 1.84. The largest absolute Gasteiger partial charge is 0.493 e. The molecule has 0 atom stereocenters. The summed E-state index contributed by atoms with van der Waals surface area (Å²) in [6.07, 6.45) is 0.749. The first-order chi connectivity index (χ1) is 7.72. The Labute approximate surface area is 92.5 Å². The van der Waals surface area contributed by atoms with Crippen molar-refractivity contribution in [1.29, 1.82) is 0 Å². The zero-order valence-electron chi connectivity index (χ0n) is 8.93. The van der Waals surface area contributed by atoms with E-state index in [0.717, 1.165) is 6.21 Å². The molecule has 86 valence electrons. The van der Waals surface area contributed by atoms with Gasteiger partial charge in [0.05, 0.1) is 19.9 Å². The summed E-state index contributed by atoms with van der Waals surface area (Å²) < 4.78 is 10.2. The second-order valence-corrected chi connectivity index (χ2v) is 2.77. The number of para-hydroxylation sites is 1. The van der Waals surface area contributed by atoms with Crippen LogP contribution in [0.15, 0.2) is 23.4 Å². The second-order valence-electron chi connectivity index (χ2n) is 2.77. The third-order valence-corrected chi connectivity index (χ3v) is 1.84. The van der Waals surface area contributed by atoms with E-state index in [1.807, 2.05) is 0 Å². The van der Waals surface area contributed by atoms with Crippen molar-refractivity contribution in [3.8, 4) is 11.5 Å². The van der Waals surface area contributed by atoms with Crippen molar-refractivity contribution in [2.45, 2.75) is 0 Å². The van der Waals surface area contributed by atoms with Crippen LogP contribution in [-0.2, 0) is 4.79 Å². The van der Waals surface area contributed by atoms with Crippen LogP contribution in [0, 0.1) is 0 Å². The third kappa shape index (κ3) is 2.63. The molecular formula is C10H12N2O4. The molecule has 0 aliphatic carbocycles. The SMILES string of the molecule is COc1cccc(NC(=O)/C=N\O)c1OC. The van der Waals surface area contributed by atoms with Gasteiger partial charge in [-0.1, -0.05) is 11.2 Å². The molecule has 1 aromatic rings. The molecule has 0 fully saturated rings. The number of anilines is 1. The Morgan fingerprint density at radius 3 is 2.75 bits per heavy atom. The summed E-state index contributed by atoms with van der Waals surface area (Å²) in [6.45, 7) is 0. The van der Waals surface area contributed by atoms with E-state index >= 15 is 0 Å². The van der Waals surface area contributed by atoms with Gasteiger partial charge in [-0.2, -0.15) is 0 Å². The normalized spacial score (nSPS) is 10.1. The van der Waals surface area contributed by atoms with Crippen LogP contribution in [0.1, 0.15) is 0 Å². The predicted molar refractivity (Wildman–Crippen MR) is 58.5 cm³/mol. The highest BCUT2D eigenvalue weighted by Crippen LogP contribution is 2.34. The number of nitrogens with one attached hydrogen (secondary N) is 1. The molecule has 0 aliphatic heterocycles. The molecule has 0 aliphatic rings. The van der Waals surface area contributed by atoms with Gasteiger partial charge in [0.1, 0.15) is 6.21 Å². The van der Waals surface area contributed by atoms with Crippen molar-refractivity contribution in [3.05, 3.63) is 18.2 Å². The fourth-order valence-corrected chi connectivity index (χ4v) is 1.20. The van der Waals surface area contributed by atoms with Crippen molar-refractivity contribution in [3.63, 3.8) is 0 Å². The lowest BCUT2D eigenvalue weighted by Crippen LogP contribution is -2.13. The minimum atomic E-state index is -0.561. The molecule has 0 aromatic heterocycles. The zero-order chi connectivity index (χ0) is 12.0. The van der Waals surface area contributed by atoms with E-state index in [4.69, 9.17) is 14.7 Å². The number of nitrogens with zero attached hydrogens (tertiary/aromatic N) is 1. The highest BCUT2D eigenvalue weighted by molar-refractivity contribution is 6.31. The van der Waals surface area contributed by atoms with E-state index in [0.29, 0.717) is 17.2 Å². The Kier molecular flexibility index (Phi) is 4.14. The van der Waals surface area contributed by atoms with E-state index in [2.05, 4.69) is 10.5 Å². The number of benzene rings is 1. The summed E-state index contributed by atoms with van der Waals surface area (Å²) in [5, 5.41) is 13.3. The average Bonchev–Trinajstić information content (AvgIpc) is 2.29. The van der Waals surface area contributed by atoms with Gasteiger partial charge in [-0.3, -0.25) is 4.79 Å². The van der Waals surface area contributed by atoms with Gasteiger partial charge in [-0.15, -0.1) is 0 Å². The van der Waals surface area contributed by atoms with Crippen LogP contribution in [-0.4, -0.2) is 31.5 Å². The Morgan fingerprint density at radius 1 is 1.44 bits per heavy atom. The number of carbonyl (C=O) groups excluding carboxylic acids is 1. The fourth-order valence-electron chi connectivity index (χ4n) is 1.20. The van der Waals surface area contributed by atoms with Crippen molar-refractivity contribution < 1.29 is 19.5 Å². The fraction of sp³-hybridized carbons (Fsp3) is 0.200. The van der Waals surface area contributed by atoms with Crippen LogP contribution in [0.2, 0.25) is 0 Å². The molecule has 1 aromatic carbocycles. The topological polar surface area (TPSA) is 80.2 Å². The number of amides is 1. The maximum Gasteiger partial charge on any atom is 0.270 e. The van der Waals surface area contributed by atoms with Crippen LogP contribution in [0.5, 0.6) is 11.5 Å². The lowest BCUT2D eigenvalue weighted by atomic mass is 10.2. The van der Waals surface area contributed by atoms with Crippen molar-refractivity contribution in [2.75, 3.05) is 19.5 Å². The van der Waals surface area contributed by atoms with Gasteiger partial charge in [-0.05, 0) is 12.1 Å². The Balaban J connectivity index is 2.99. The van der Waals surface area contributed by atoms with Gasteiger partial charge in [0.2, 0.25) is 0 Å². The number of hydrogen-bond donors (Lipinski definition) is 2. The Morgan fingerprint density at radius 2 is 2.19 bits per heavy atom. The first-order valence-electron chi connectivity index (χ1n) is 4.42. The molecule has 0 spiro atoms. The molecule has 0 heterocycles. The molecule has 6 nitrogen and oxygen atoms in total. The van der Waals surface area contributed by atoms with E-state index in [1.54, 1.807) is 18.2 Å². The van der Waals surface area contributed by atoms with Gasteiger partial charge in [0, 0.05) is 0 Å². The summed E-state index contributed by atoms with van der Waals surface area (Å²) >= 11 is 0. The molecule has 0 unspecified atom stereocenters. The highest BCUT2D eigenvalue weighted by Gasteiger charge is 2.10. The highest BCUT2D eigenvalue weighted by atomic mass is 16.5. The van der Waals surface area contributed by atoms with Crippen LogP contribution in [0.3, 0.4) is 0 Å². The van der Waals surface area contributed by atoms with Crippen LogP contribution < -0.4 is 14.8 Å². The summed E-state index contributed by atoms with van der Waals surface area (Å²) in [5.74, 6) is 0.347. The quantitative estimate of drug-likeness (QED) is 0.456. The molecule has 0 bridgehead atoms. The summed E-state index contributed by atoms with van der Waals surface area (Å²) in [5.41, 5.74) is 0.437. The van der Waals surface area contributed by atoms with Gasteiger partial charge >= 0.3 is 0 Å². The first kappa shape index (κ1) is 11.8. The van der Waals surface area contributed by atoms with Gasteiger partial charge in [-0.25, -0.2) is 0 Å². The number of carbonyl (C=O) groups is 1. The molecular weight excluding hydrogens is 212 g/mol. The minimum Gasteiger partial charge on any atom is -0.493 e. The Bertz CT molecular complexity index is 404. The molecule has 2 N–H and O–H groups in total. The number of oxime groups is 1. The zero-order valence-corrected chi connectivity index (χ0v) is 8.93. The lowest BCUT2D eigenvalue weighted by molar-refractivity contribution is -0.110. The van der Waals surface area contributed by atoms with E-state index in [1.165, 1.54) is 14.2 Å². The van der Waals surface area contributed by atoms with Gasteiger partial charge < -0.3 is 20.0 Å². The molecule has 1 rings (SSSR count). The maximum absolute atomic E-state index is 11.2. The molecule has 0 saturated heterocycles. The monoisotopic (exact) mass is 224 g/mol. The summed E-state index contributed by atoms with van der Waals surface area (Å²) in [4.78, 5) is 11.2. The summed E-state index contributed by atoms with van der Waals surface area (Å²) in [6, 6.07) is 5.05. The van der Waals surface area contributed by atoms with Gasteiger partial charge in [0.15, 0.2) is 11.5 Å². The van der Waals surface area contributed by atoms with Gasteiger partial charge in [0.25, 0.3) is 5.91 Å². The van der Waals surface area contributed by atoms with Crippen molar-refractivity contribution in [2.24, 2.45) is 5.16 Å². The van der Waals surface area contributed by atoms with Crippen LogP contribution in [0.4, 0.5) is 5.69 Å². The standard InChI is InChI=1S/C10H12N2O4/c1-15-8-5-3-4-7(10(8)16-2)12-9(13)6-11-14/h3-6,14H,1-2H3,(H,12,13)/b11-6-. The van der Waals surface area contributed by atoms with Crippen molar-refractivity contribution in [1.82, 2.24) is 0 Å². The molecule has 6 heteroatoms. The number of ether oxygens (including phenoxy) is 2. The van der Waals surface area contributed by atoms with E-state index < -0.39 is 5.91 Å². The smallest absolute Gasteiger partial charge is 0.270 e. The molecule has 1 amide bonds. The lowest BCUT2D eigenvalue weighted by Gasteiger charge is -2.12. The summed E-state index contributed by atoms with van der Waals surface area (Å²) in [7, 11) is 2.96. The average molecular weight is 224 g/mol. The number of methoxy groups -OCH3 is 2. The van der Waals surface area contributed by atoms with E-state index in [-0.39, 0.29) is 0 Å². The predicted octanol–water partition coefficient (Wildman–Crippen LogP) is 1.10. The van der Waals surface area contributed by atoms with Crippen molar-refractivity contribution >= 4 is 17.8 Å². The molecule has 0 radical (unpaired) electrons. The number of rotatable bonds is 4. The second kappa shape index (κ2) is 5.59.